The topological polar surface area (TPSA) is 81.1 Å². The van der Waals surface area contributed by atoms with E-state index in [2.05, 4.69) is 12.2 Å². The van der Waals surface area contributed by atoms with Gasteiger partial charge in [-0.15, -0.1) is 0 Å². The second-order valence-corrected chi connectivity index (χ2v) is 5.26. The summed E-state index contributed by atoms with van der Waals surface area (Å²) < 4.78 is 0. The van der Waals surface area contributed by atoms with Crippen molar-refractivity contribution in [1.82, 2.24) is 5.32 Å². The summed E-state index contributed by atoms with van der Waals surface area (Å²) in [6.45, 7) is 2.91. The van der Waals surface area contributed by atoms with Gasteiger partial charge in [-0.05, 0) is 30.5 Å². The predicted molar refractivity (Wildman–Crippen MR) is 84.3 cm³/mol. The van der Waals surface area contributed by atoms with E-state index in [4.69, 9.17) is 11.5 Å². The van der Waals surface area contributed by atoms with Gasteiger partial charge in [0.05, 0.1) is 6.04 Å². The molecule has 0 aliphatic carbocycles. The molecule has 0 fully saturated rings. The Balaban J connectivity index is 2.20. The van der Waals surface area contributed by atoms with E-state index in [1.165, 1.54) is 25.7 Å². The van der Waals surface area contributed by atoms with E-state index in [9.17, 15) is 4.79 Å². The number of hydrogen-bond donors (Lipinski definition) is 3. The van der Waals surface area contributed by atoms with Crippen LogP contribution in [0.3, 0.4) is 0 Å². The molecule has 0 heterocycles. The summed E-state index contributed by atoms with van der Waals surface area (Å²) in [6, 6.07) is 6.98. The number of nitrogens with two attached hydrogens (primary N) is 2. The molecule has 1 amide bonds. The molecule has 0 radical (unpaired) electrons. The maximum atomic E-state index is 11.8. The molecule has 0 spiro atoms. The van der Waals surface area contributed by atoms with Gasteiger partial charge in [-0.2, -0.15) is 0 Å². The molecule has 0 bridgehead atoms. The van der Waals surface area contributed by atoms with Gasteiger partial charge in [-0.25, -0.2) is 0 Å². The standard InChI is InChI=1S/C16H27N3O/c1-2-3-4-5-6-11-19-16(20)15(18)12-13-7-9-14(17)10-8-13/h7-10,15H,2-6,11-12,17-18H2,1H3,(H,19,20)/t15-/m0/s1. The Labute approximate surface area is 121 Å². The second kappa shape index (κ2) is 9.37. The van der Waals surface area contributed by atoms with E-state index < -0.39 is 6.04 Å². The average Bonchev–Trinajstić information content (AvgIpc) is 2.45. The van der Waals surface area contributed by atoms with Crippen LogP contribution in [0.1, 0.15) is 44.6 Å². The highest BCUT2D eigenvalue weighted by molar-refractivity contribution is 5.81. The third-order valence-corrected chi connectivity index (χ3v) is 3.35. The molecule has 0 aromatic heterocycles. The molecule has 4 heteroatoms. The summed E-state index contributed by atoms with van der Waals surface area (Å²) in [7, 11) is 0. The minimum atomic E-state index is -0.491. The number of benzene rings is 1. The highest BCUT2D eigenvalue weighted by Gasteiger charge is 2.13. The third kappa shape index (κ3) is 6.57. The largest absolute Gasteiger partial charge is 0.399 e. The first-order valence-electron chi connectivity index (χ1n) is 7.51. The summed E-state index contributed by atoms with van der Waals surface area (Å²) in [5.41, 5.74) is 13.3. The van der Waals surface area contributed by atoms with E-state index in [0.717, 1.165) is 24.2 Å². The van der Waals surface area contributed by atoms with Crippen molar-refractivity contribution < 1.29 is 4.79 Å². The van der Waals surface area contributed by atoms with Gasteiger partial charge < -0.3 is 16.8 Å². The molecule has 1 aromatic carbocycles. The van der Waals surface area contributed by atoms with Gasteiger partial charge in [-0.3, -0.25) is 4.79 Å². The number of unbranched alkanes of at least 4 members (excludes halogenated alkanes) is 4. The van der Waals surface area contributed by atoms with Gasteiger partial charge in [0.15, 0.2) is 0 Å². The Bertz CT molecular complexity index is 389. The van der Waals surface area contributed by atoms with Crippen LogP contribution in [0.4, 0.5) is 5.69 Å². The lowest BCUT2D eigenvalue weighted by Gasteiger charge is -2.12. The molecule has 112 valence electrons. The second-order valence-electron chi connectivity index (χ2n) is 5.26. The van der Waals surface area contributed by atoms with Crippen molar-refractivity contribution >= 4 is 11.6 Å². The maximum Gasteiger partial charge on any atom is 0.237 e. The predicted octanol–water partition coefficient (Wildman–Crippen LogP) is 2.23. The summed E-state index contributed by atoms with van der Waals surface area (Å²) in [5, 5.41) is 2.90. The number of amides is 1. The van der Waals surface area contributed by atoms with Crippen molar-refractivity contribution in [3.8, 4) is 0 Å². The molecular weight excluding hydrogens is 250 g/mol. The van der Waals surface area contributed by atoms with Gasteiger partial charge in [0.25, 0.3) is 0 Å². The molecule has 20 heavy (non-hydrogen) atoms. The fraction of sp³-hybridized carbons (Fsp3) is 0.562. The molecule has 0 saturated carbocycles. The molecule has 0 unspecified atom stereocenters. The number of carbonyl (C=O) groups excluding carboxylic acids is 1. The van der Waals surface area contributed by atoms with Gasteiger partial charge >= 0.3 is 0 Å². The van der Waals surface area contributed by atoms with E-state index in [-0.39, 0.29) is 5.91 Å². The highest BCUT2D eigenvalue weighted by Crippen LogP contribution is 2.07. The smallest absolute Gasteiger partial charge is 0.237 e. The first kappa shape index (κ1) is 16.5. The lowest BCUT2D eigenvalue weighted by Crippen LogP contribution is -2.42. The van der Waals surface area contributed by atoms with Crippen LogP contribution >= 0.6 is 0 Å². The zero-order valence-corrected chi connectivity index (χ0v) is 12.4. The van der Waals surface area contributed by atoms with Crippen LogP contribution in [0.15, 0.2) is 24.3 Å². The molecule has 5 N–H and O–H groups in total. The van der Waals surface area contributed by atoms with Crippen molar-refractivity contribution in [2.45, 2.75) is 51.5 Å². The lowest BCUT2D eigenvalue weighted by atomic mass is 10.1. The van der Waals surface area contributed by atoms with Crippen LogP contribution in [-0.2, 0) is 11.2 Å². The number of rotatable bonds is 9. The van der Waals surface area contributed by atoms with Gasteiger partial charge in [0.1, 0.15) is 0 Å². The Kier molecular flexibility index (Phi) is 7.73. The summed E-state index contributed by atoms with van der Waals surface area (Å²) in [5.74, 6) is -0.0719. The van der Waals surface area contributed by atoms with Crippen molar-refractivity contribution in [2.24, 2.45) is 5.73 Å². The summed E-state index contributed by atoms with van der Waals surface area (Å²) in [4.78, 5) is 11.8. The maximum absolute atomic E-state index is 11.8. The van der Waals surface area contributed by atoms with Crippen LogP contribution < -0.4 is 16.8 Å². The van der Waals surface area contributed by atoms with Gasteiger partial charge in [0, 0.05) is 12.2 Å². The van der Waals surface area contributed by atoms with Crippen molar-refractivity contribution in [1.29, 1.82) is 0 Å². The van der Waals surface area contributed by atoms with Crippen molar-refractivity contribution in [2.75, 3.05) is 12.3 Å². The van der Waals surface area contributed by atoms with Crippen molar-refractivity contribution in [3.05, 3.63) is 29.8 Å². The van der Waals surface area contributed by atoms with Crippen molar-refractivity contribution in [3.63, 3.8) is 0 Å². The first-order valence-corrected chi connectivity index (χ1v) is 7.51. The number of carbonyl (C=O) groups is 1. The number of hydrogen-bond acceptors (Lipinski definition) is 3. The van der Waals surface area contributed by atoms with Crippen LogP contribution in [0.5, 0.6) is 0 Å². The van der Waals surface area contributed by atoms with E-state index >= 15 is 0 Å². The molecule has 1 atom stereocenters. The normalized spacial score (nSPS) is 12.1. The minimum Gasteiger partial charge on any atom is -0.399 e. The Morgan fingerprint density at radius 2 is 1.80 bits per heavy atom. The zero-order chi connectivity index (χ0) is 14.8. The first-order chi connectivity index (χ1) is 9.63. The summed E-state index contributed by atoms with van der Waals surface area (Å²) in [6.07, 6.45) is 6.48. The lowest BCUT2D eigenvalue weighted by molar-refractivity contribution is -0.122. The molecule has 0 aliphatic heterocycles. The Morgan fingerprint density at radius 1 is 1.15 bits per heavy atom. The van der Waals surface area contributed by atoms with Crippen LogP contribution in [0.2, 0.25) is 0 Å². The third-order valence-electron chi connectivity index (χ3n) is 3.35. The monoisotopic (exact) mass is 277 g/mol. The molecule has 1 aromatic rings. The number of nitrogens with one attached hydrogen (secondary N) is 1. The average molecular weight is 277 g/mol. The fourth-order valence-electron chi connectivity index (χ4n) is 2.07. The highest BCUT2D eigenvalue weighted by atomic mass is 16.2. The minimum absolute atomic E-state index is 0.0719. The van der Waals surface area contributed by atoms with E-state index in [1.807, 2.05) is 24.3 Å². The number of nitrogen functional groups attached to an aromatic ring is 1. The van der Waals surface area contributed by atoms with Crippen LogP contribution in [0, 0.1) is 0 Å². The zero-order valence-electron chi connectivity index (χ0n) is 12.4. The molecule has 1 rings (SSSR count). The molecule has 0 saturated heterocycles. The summed E-state index contributed by atoms with van der Waals surface area (Å²) >= 11 is 0. The van der Waals surface area contributed by atoms with Gasteiger partial charge in [-0.1, -0.05) is 44.7 Å². The van der Waals surface area contributed by atoms with Crippen LogP contribution in [0.25, 0.3) is 0 Å². The number of anilines is 1. The fourth-order valence-corrected chi connectivity index (χ4v) is 2.07. The Hall–Kier alpha value is -1.55. The molecule has 4 nitrogen and oxygen atoms in total. The molecule has 0 aliphatic rings. The molecular formula is C16H27N3O. The SMILES string of the molecule is CCCCCCCNC(=O)[C@@H](N)Cc1ccc(N)cc1. The quantitative estimate of drug-likeness (QED) is 0.478. The van der Waals surface area contributed by atoms with E-state index in [0.29, 0.717) is 6.42 Å². The van der Waals surface area contributed by atoms with Gasteiger partial charge in [0.2, 0.25) is 5.91 Å². The van der Waals surface area contributed by atoms with Crippen LogP contribution in [-0.4, -0.2) is 18.5 Å². The van der Waals surface area contributed by atoms with E-state index in [1.54, 1.807) is 0 Å². The Morgan fingerprint density at radius 3 is 2.45 bits per heavy atom.